The van der Waals surface area contributed by atoms with Crippen molar-refractivity contribution in [3.05, 3.63) is 57.4 Å². The third-order valence-electron chi connectivity index (χ3n) is 5.76. The molecule has 2 aliphatic rings. The van der Waals surface area contributed by atoms with Crippen molar-refractivity contribution in [1.82, 2.24) is 19.6 Å². The van der Waals surface area contributed by atoms with Crippen LogP contribution in [0, 0.1) is 0 Å². The summed E-state index contributed by atoms with van der Waals surface area (Å²) in [7, 11) is 0. The zero-order chi connectivity index (χ0) is 21.2. The van der Waals surface area contributed by atoms with Crippen molar-refractivity contribution in [1.29, 1.82) is 0 Å². The van der Waals surface area contributed by atoms with E-state index in [9.17, 15) is 9.59 Å². The number of aromatic nitrogens is 2. The van der Waals surface area contributed by atoms with Crippen molar-refractivity contribution in [2.75, 3.05) is 32.8 Å². The Morgan fingerprint density at radius 1 is 1.16 bits per heavy atom. The van der Waals surface area contributed by atoms with E-state index in [1.807, 2.05) is 22.4 Å². The van der Waals surface area contributed by atoms with Crippen LogP contribution in [0.25, 0.3) is 10.8 Å². The molecular weight excluding hydrogens is 416 g/mol. The van der Waals surface area contributed by atoms with Crippen molar-refractivity contribution >= 4 is 17.2 Å². The molecule has 1 aromatic carbocycles. The molecule has 9 heteroatoms. The van der Waals surface area contributed by atoms with E-state index in [1.54, 1.807) is 0 Å². The van der Waals surface area contributed by atoms with Gasteiger partial charge in [-0.1, -0.05) is 18.2 Å². The first-order valence-corrected chi connectivity index (χ1v) is 11.4. The van der Waals surface area contributed by atoms with Gasteiger partial charge in [-0.05, 0) is 28.6 Å². The molecule has 0 atom stereocenters. The molecule has 2 aromatic heterocycles. The standard InChI is InChI=1S/C22H24N4O4S/c27-20(5-7-26-22(28)30-21(23-26)19-2-1-13-31-19)25-10-8-24(9-11-25)15-16-3-4-18-17(14-16)6-12-29-18/h1-4,13-14H,5-12,15H2. The number of nitrogens with zero attached hydrogens (tertiary/aromatic N) is 4. The number of hydrogen-bond donors (Lipinski definition) is 0. The molecule has 4 heterocycles. The van der Waals surface area contributed by atoms with Crippen LogP contribution in [0.4, 0.5) is 0 Å². The first kappa shape index (κ1) is 20.0. The lowest BCUT2D eigenvalue weighted by atomic mass is 10.1. The van der Waals surface area contributed by atoms with Crippen LogP contribution in [0.15, 0.2) is 44.9 Å². The van der Waals surface area contributed by atoms with Crippen LogP contribution in [0.2, 0.25) is 0 Å². The van der Waals surface area contributed by atoms with Crippen LogP contribution in [0.3, 0.4) is 0 Å². The molecule has 1 amide bonds. The maximum absolute atomic E-state index is 12.6. The number of benzene rings is 1. The second-order valence-corrected chi connectivity index (χ2v) is 8.77. The lowest BCUT2D eigenvalue weighted by Gasteiger charge is -2.34. The average molecular weight is 441 g/mol. The number of ether oxygens (including phenoxy) is 1. The number of aryl methyl sites for hydroxylation is 1. The minimum absolute atomic E-state index is 0.0434. The lowest BCUT2D eigenvalue weighted by molar-refractivity contribution is -0.133. The van der Waals surface area contributed by atoms with Gasteiger partial charge in [0.1, 0.15) is 5.75 Å². The monoisotopic (exact) mass is 440 g/mol. The van der Waals surface area contributed by atoms with Crippen LogP contribution in [0.5, 0.6) is 5.75 Å². The van der Waals surface area contributed by atoms with E-state index in [4.69, 9.17) is 9.15 Å². The highest BCUT2D eigenvalue weighted by Gasteiger charge is 2.22. The maximum atomic E-state index is 12.6. The number of piperazine rings is 1. The summed E-state index contributed by atoms with van der Waals surface area (Å²) < 4.78 is 12.0. The Labute approximate surface area is 183 Å². The van der Waals surface area contributed by atoms with E-state index in [0.717, 1.165) is 43.3 Å². The molecular formula is C22H24N4O4S. The molecule has 0 saturated carbocycles. The van der Waals surface area contributed by atoms with E-state index < -0.39 is 5.76 Å². The molecule has 2 aliphatic heterocycles. The van der Waals surface area contributed by atoms with E-state index in [1.165, 1.54) is 27.1 Å². The second-order valence-electron chi connectivity index (χ2n) is 7.82. The Balaban J connectivity index is 1.11. The lowest BCUT2D eigenvalue weighted by Crippen LogP contribution is -2.48. The van der Waals surface area contributed by atoms with Crippen LogP contribution in [-0.2, 0) is 24.3 Å². The molecule has 0 bridgehead atoms. The highest BCUT2D eigenvalue weighted by atomic mass is 32.1. The molecule has 1 fully saturated rings. The molecule has 0 radical (unpaired) electrons. The summed E-state index contributed by atoms with van der Waals surface area (Å²) in [6.45, 7) is 4.95. The minimum Gasteiger partial charge on any atom is -0.493 e. The van der Waals surface area contributed by atoms with Gasteiger partial charge in [0.25, 0.3) is 5.89 Å². The van der Waals surface area contributed by atoms with Gasteiger partial charge >= 0.3 is 5.76 Å². The van der Waals surface area contributed by atoms with Gasteiger partial charge in [0, 0.05) is 45.6 Å². The normalized spacial score (nSPS) is 16.3. The summed E-state index contributed by atoms with van der Waals surface area (Å²) in [6.07, 6.45) is 1.22. The number of hydrogen-bond acceptors (Lipinski definition) is 7. The van der Waals surface area contributed by atoms with Crippen molar-refractivity contribution in [3.63, 3.8) is 0 Å². The quantitative estimate of drug-likeness (QED) is 0.585. The molecule has 0 N–H and O–H groups in total. The Morgan fingerprint density at radius 3 is 2.84 bits per heavy atom. The van der Waals surface area contributed by atoms with Crippen molar-refractivity contribution in [2.24, 2.45) is 0 Å². The molecule has 1 saturated heterocycles. The fourth-order valence-corrected chi connectivity index (χ4v) is 4.70. The number of carbonyl (C=O) groups excluding carboxylic acids is 1. The molecule has 3 aromatic rings. The van der Waals surface area contributed by atoms with Gasteiger partial charge in [-0.15, -0.1) is 16.4 Å². The van der Waals surface area contributed by atoms with Gasteiger partial charge < -0.3 is 14.1 Å². The maximum Gasteiger partial charge on any atom is 0.437 e. The van der Waals surface area contributed by atoms with E-state index in [0.29, 0.717) is 19.0 Å². The SMILES string of the molecule is O=C(CCn1nc(-c2cccs2)oc1=O)N1CCN(Cc2ccc3c(c2)CCO3)CC1. The van der Waals surface area contributed by atoms with Crippen LogP contribution < -0.4 is 10.5 Å². The fraction of sp³-hybridized carbons (Fsp3) is 0.409. The Hall–Kier alpha value is -2.91. The summed E-state index contributed by atoms with van der Waals surface area (Å²) in [5.41, 5.74) is 2.58. The molecule has 8 nitrogen and oxygen atoms in total. The van der Waals surface area contributed by atoms with Crippen LogP contribution in [-0.4, -0.2) is 58.3 Å². The average Bonchev–Trinajstić information content (AvgIpc) is 3.53. The highest BCUT2D eigenvalue weighted by Crippen LogP contribution is 2.26. The van der Waals surface area contributed by atoms with Crippen molar-refractivity contribution in [2.45, 2.75) is 25.9 Å². The molecule has 5 rings (SSSR count). The summed E-state index contributed by atoms with van der Waals surface area (Å²) in [4.78, 5) is 29.7. The van der Waals surface area contributed by atoms with Crippen LogP contribution in [0.1, 0.15) is 17.5 Å². The van der Waals surface area contributed by atoms with Gasteiger partial charge in [-0.2, -0.15) is 4.68 Å². The first-order valence-electron chi connectivity index (χ1n) is 10.5. The Kier molecular flexibility index (Phi) is 5.61. The second kappa shape index (κ2) is 8.68. The third-order valence-corrected chi connectivity index (χ3v) is 6.62. The topological polar surface area (TPSA) is 80.8 Å². The van der Waals surface area contributed by atoms with Gasteiger partial charge in [-0.25, -0.2) is 4.79 Å². The number of thiophene rings is 1. The van der Waals surface area contributed by atoms with Crippen LogP contribution >= 0.6 is 11.3 Å². The third kappa shape index (κ3) is 4.42. The van der Waals surface area contributed by atoms with E-state index >= 15 is 0 Å². The Morgan fingerprint density at radius 2 is 2.03 bits per heavy atom. The molecule has 0 spiro atoms. The highest BCUT2D eigenvalue weighted by molar-refractivity contribution is 7.13. The first-order chi connectivity index (χ1) is 15.2. The molecule has 0 aliphatic carbocycles. The van der Waals surface area contributed by atoms with Gasteiger partial charge in [0.05, 0.1) is 18.0 Å². The molecule has 0 unspecified atom stereocenters. The summed E-state index contributed by atoms with van der Waals surface area (Å²) in [5, 5.41) is 6.11. The number of rotatable bonds is 6. The predicted octanol–water partition coefficient (Wildman–Crippen LogP) is 2.23. The molecule has 31 heavy (non-hydrogen) atoms. The Bertz CT molecular complexity index is 1110. The smallest absolute Gasteiger partial charge is 0.437 e. The van der Waals surface area contributed by atoms with Gasteiger partial charge in [0.2, 0.25) is 5.91 Å². The van der Waals surface area contributed by atoms with Gasteiger partial charge in [0.15, 0.2) is 0 Å². The summed E-state index contributed by atoms with van der Waals surface area (Å²) >= 11 is 1.46. The predicted molar refractivity (Wildman–Crippen MR) is 116 cm³/mol. The zero-order valence-corrected chi connectivity index (χ0v) is 18.0. The number of amides is 1. The van der Waals surface area contributed by atoms with Crippen molar-refractivity contribution in [3.8, 4) is 16.5 Å². The molecule has 162 valence electrons. The zero-order valence-electron chi connectivity index (χ0n) is 17.2. The summed E-state index contributed by atoms with van der Waals surface area (Å²) in [5.74, 6) is 0.828. The minimum atomic E-state index is -0.527. The fourth-order valence-electron chi connectivity index (χ4n) is 4.06. The van der Waals surface area contributed by atoms with Crippen molar-refractivity contribution < 1.29 is 13.9 Å². The van der Waals surface area contributed by atoms with Gasteiger partial charge in [-0.3, -0.25) is 9.69 Å². The largest absolute Gasteiger partial charge is 0.493 e. The number of carbonyl (C=O) groups is 1. The summed E-state index contributed by atoms with van der Waals surface area (Å²) in [6, 6.07) is 10.2. The number of fused-ring (bicyclic) bond motifs is 1. The van der Waals surface area contributed by atoms with E-state index in [-0.39, 0.29) is 18.9 Å². The van der Waals surface area contributed by atoms with E-state index in [2.05, 4.69) is 28.2 Å².